The lowest BCUT2D eigenvalue weighted by Gasteiger charge is -2.26. The second-order valence-corrected chi connectivity index (χ2v) is 4.20. The number of nitrogens with one attached hydrogen (secondary N) is 1. The Morgan fingerprint density at radius 3 is 2.46 bits per heavy atom. The van der Waals surface area contributed by atoms with Crippen LogP contribution in [0.25, 0.3) is 0 Å². The van der Waals surface area contributed by atoms with E-state index >= 15 is 0 Å². The van der Waals surface area contributed by atoms with Gasteiger partial charge in [-0.3, -0.25) is 0 Å². The Balaban J connectivity index is 4.03. The molecule has 3 heteroatoms. The fourth-order valence-corrected chi connectivity index (χ4v) is 0.827. The van der Waals surface area contributed by atoms with Gasteiger partial charge in [-0.05, 0) is 33.2 Å². The molecule has 0 saturated heterocycles. The van der Waals surface area contributed by atoms with E-state index in [1.165, 1.54) is 6.42 Å². The maximum Gasteiger partial charge on any atom is 0.0734 e. The topological polar surface area (TPSA) is 44.6 Å². The summed E-state index contributed by atoms with van der Waals surface area (Å²) in [5.41, 5.74) is 0.508. The molecule has 0 fully saturated rings. The SMILES string of the molecule is CCC(C)CNC(C)(C)/C(C)=N/O. The number of hydrogen-bond donors (Lipinski definition) is 2. The van der Waals surface area contributed by atoms with Crippen LogP contribution in [0.3, 0.4) is 0 Å². The third-order valence-corrected chi connectivity index (χ3v) is 2.64. The molecule has 0 aliphatic heterocycles. The lowest BCUT2D eigenvalue weighted by Crippen LogP contribution is -2.47. The van der Waals surface area contributed by atoms with E-state index in [0.717, 1.165) is 12.3 Å². The lowest BCUT2D eigenvalue weighted by molar-refractivity contribution is 0.309. The summed E-state index contributed by atoms with van der Waals surface area (Å²) in [5.74, 6) is 0.658. The van der Waals surface area contributed by atoms with E-state index in [0.29, 0.717) is 5.92 Å². The second-order valence-electron chi connectivity index (χ2n) is 4.20. The highest BCUT2D eigenvalue weighted by Gasteiger charge is 2.21. The van der Waals surface area contributed by atoms with Crippen molar-refractivity contribution < 1.29 is 5.21 Å². The predicted octanol–water partition coefficient (Wildman–Crippen LogP) is 2.25. The Labute approximate surface area is 81.2 Å². The van der Waals surface area contributed by atoms with Gasteiger partial charge in [0.25, 0.3) is 0 Å². The van der Waals surface area contributed by atoms with E-state index in [-0.39, 0.29) is 5.54 Å². The van der Waals surface area contributed by atoms with Gasteiger partial charge in [-0.2, -0.15) is 0 Å². The van der Waals surface area contributed by atoms with E-state index in [4.69, 9.17) is 5.21 Å². The molecule has 0 aromatic rings. The minimum Gasteiger partial charge on any atom is -0.411 e. The Kier molecular flexibility index (Phi) is 4.99. The summed E-state index contributed by atoms with van der Waals surface area (Å²) in [4.78, 5) is 0. The second kappa shape index (κ2) is 5.22. The summed E-state index contributed by atoms with van der Waals surface area (Å²) >= 11 is 0. The molecule has 0 aromatic carbocycles. The van der Waals surface area contributed by atoms with Crippen molar-refractivity contribution >= 4 is 5.71 Å². The fourth-order valence-electron chi connectivity index (χ4n) is 0.827. The molecule has 3 nitrogen and oxygen atoms in total. The zero-order valence-corrected chi connectivity index (χ0v) is 9.39. The van der Waals surface area contributed by atoms with Gasteiger partial charge in [0.2, 0.25) is 0 Å². The van der Waals surface area contributed by atoms with E-state index < -0.39 is 0 Å². The van der Waals surface area contributed by atoms with Crippen molar-refractivity contribution in [1.82, 2.24) is 5.32 Å². The first-order valence-electron chi connectivity index (χ1n) is 4.88. The maximum atomic E-state index is 8.64. The number of oxime groups is 1. The minimum absolute atomic E-state index is 0.210. The third kappa shape index (κ3) is 4.27. The van der Waals surface area contributed by atoms with Crippen molar-refractivity contribution in [2.75, 3.05) is 6.54 Å². The minimum atomic E-state index is -0.210. The summed E-state index contributed by atoms with van der Waals surface area (Å²) in [7, 11) is 0. The van der Waals surface area contributed by atoms with Crippen LogP contribution < -0.4 is 5.32 Å². The molecule has 2 N–H and O–H groups in total. The molecular weight excluding hydrogens is 164 g/mol. The molecular formula is C10H22N2O. The number of rotatable bonds is 5. The normalized spacial score (nSPS) is 15.9. The molecule has 0 saturated carbocycles. The molecule has 0 amide bonds. The molecule has 78 valence electrons. The van der Waals surface area contributed by atoms with Gasteiger partial charge in [0.05, 0.1) is 11.3 Å². The van der Waals surface area contributed by atoms with E-state index in [1.54, 1.807) is 0 Å². The summed E-state index contributed by atoms with van der Waals surface area (Å²) in [6.45, 7) is 11.2. The van der Waals surface area contributed by atoms with Crippen LogP contribution in [0.4, 0.5) is 0 Å². The first-order chi connectivity index (χ1) is 5.94. The van der Waals surface area contributed by atoms with Gasteiger partial charge in [0.15, 0.2) is 0 Å². The van der Waals surface area contributed by atoms with Crippen LogP contribution in [0.2, 0.25) is 0 Å². The van der Waals surface area contributed by atoms with Crippen LogP contribution in [-0.2, 0) is 0 Å². The van der Waals surface area contributed by atoms with Crippen molar-refractivity contribution in [3.8, 4) is 0 Å². The third-order valence-electron chi connectivity index (χ3n) is 2.64. The molecule has 0 aliphatic carbocycles. The van der Waals surface area contributed by atoms with Crippen LogP contribution >= 0.6 is 0 Å². The molecule has 0 aliphatic rings. The molecule has 13 heavy (non-hydrogen) atoms. The van der Waals surface area contributed by atoms with Gasteiger partial charge < -0.3 is 10.5 Å². The monoisotopic (exact) mass is 186 g/mol. The summed E-state index contributed by atoms with van der Waals surface area (Å²) in [6.07, 6.45) is 1.17. The van der Waals surface area contributed by atoms with Crippen LogP contribution in [0.15, 0.2) is 5.16 Å². The molecule has 0 bridgehead atoms. The Morgan fingerprint density at radius 2 is 2.08 bits per heavy atom. The molecule has 0 heterocycles. The summed E-state index contributed by atoms with van der Waals surface area (Å²) < 4.78 is 0. The van der Waals surface area contributed by atoms with Gasteiger partial charge in [-0.1, -0.05) is 25.4 Å². The standard InChI is InChI=1S/C10H22N2O/c1-6-8(2)7-11-10(4,5)9(3)12-13/h8,11,13H,6-7H2,1-5H3/b12-9+. The Hall–Kier alpha value is -0.570. The average Bonchev–Trinajstić information content (AvgIpc) is 2.12. The van der Waals surface area contributed by atoms with Crippen molar-refractivity contribution in [3.05, 3.63) is 0 Å². The van der Waals surface area contributed by atoms with Gasteiger partial charge in [0.1, 0.15) is 0 Å². The van der Waals surface area contributed by atoms with Crippen molar-refractivity contribution in [1.29, 1.82) is 0 Å². The van der Waals surface area contributed by atoms with Crippen LogP contribution in [0.1, 0.15) is 41.0 Å². The van der Waals surface area contributed by atoms with Gasteiger partial charge in [-0.15, -0.1) is 0 Å². The quantitative estimate of drug-likeness (QED) is 0.393. The van der Waals surface area contributed by atoms with Crippen molar-refractivity contribution in [2.24, 2.45) is 11.1 Å². The van der Waals surface area contributed by atoms with Crippen LogP contribution in [-0.4, -0.2) is 23.0 Å². The van der Waals surface area contributed by atoms with Gasteiger partial charge in [0, 0.05) is 0 Å². The zero-order valence-electron chi connectivity index (χ0n) is 9.39. The zero-order chi connectivity index (χ0) is 10.5. The van der Waals surface area contributed by atoms with Crippen molar-refractivity contribution in [3.63, 3.8) is 0 Å². The molecule has 1 atom stereocenters. The summed E-state index contributed by atoms with van der Waals surface area (Å²) in [5, 5.41) is 15.2. The smallest absolute Gasteiger partial charge is 0.0734 e. The molecule has 0 aromatic heterocycles. The van der Waals surface area contributed by atoms with Crippen LogP contribution in [0, 0.1) is 5.92 Å². The van der Waals surface area contributed by atoms with E-state index in [2.05, 4.69) is 24.3 Å². The Morgan fingerprint density at radius 1 is 1.54 bits per heavy atom. The largest absolute Gasteiger partial charge is 0.411 e. The van der Waals surface area contributed by atoms with Crippen molar-refractivity contribution in [2.45, 2.75) is 46.6 Å². The molecule has 1 unspecified atom stereocenters. The number of hydrogen-bond acceptors (Lipinski definition) is 3. The highest BCUT2D eigenvalue weighted by molar-refractivity contribution is 5.90. The molecule has 0 rings (SSSR count). The predicted molar refractivity (Wildman–Crippen MR) is 56.4 cm³/mol. The van der Waals surface area contributed by atoms with E-state index in [1.807, 2.05) is 20.8 Å². The van der Waals surface area contributed by atoms with Crippen LogP contribution in [0.5, 0.6) is 0 Å². The first-order valence-corrected chi connectivity index (χ1v) is 4.88. The lowest BCUT2D eigenvalue weighted by atomic mass is 9.98. The number of nitrogens with zero attached hydrogens (tertiary/aromatic N) is 1. The molecule has 0 spiro atoms. The summed E-state index contributed by atoms with van der Waals surface area (Å²) in [6, 6.07) is 0. The highest BCUT2D eigenvalue weighted by Crippen LogP contribution is 2.07. The van der Waals surface area contributed by atoms with Gasteiger partial charge in [-0.25, -0.2) is 0 Å². The highest BCUT2D eigenvalue weighted by atomic mass is 16.4. The first kappa shape index (κ1) is 12.4. The van der Waals surface area contributed by atoms with E-state index in [9.17, 15) is 0 Å². The fraction of sp³-hybridized carbons (Fsp3) is 0.900. The average molecular weight is 186 g/mol. The Bertz CT molecular complexity index is 176. The maximum absolute atomic E-state index is 8.64. The van der Waals surface area contributed by atoms with Gasteiger partial charge >= 0.3 is 0 Å². The molecule has 0 radical (unpaired) electrons.